The minimum absolute atomic E-state index is 0.0520. The number of carbonyl (C=O) groups is 2. The number of Topliss-reactive ketones (excluding diaryl/α,β-unsaturated/α-hetero) is 1. The van der Waals surface area contributed by atoms with Crippen LogP contribution in [0.15, 0.2) is 71.1 Å². The first-order valence-corrected chi connectivity index (χ1v) is 9.93. The van der Waals surface area contributed by atoms with Crippen molar-refractivity contribution in [2.45, 2.75) is 32.1 Å². The van der Waals surface area contributed by atoms with Crippen molar-refractivity contribution in [1.82, 2.24) is 5.32 Å². The fraction of sp³-hybridized carbons (Fsp3) is 0.250. The molecule has 0 saturated heterocycles. The van der Waals surface area contributed by atoms with Crippen molar-refractivity contribution >= 4 is 17.4 Å². The lowest BCUT2D eigenvalue weighted by Crippen LogP contribution is -2.35. The number of anilines is 1. The van der Waals surface area contributed by atoms with E-state index in [1.807, 2.05) is 31.2 Å². The van der Waals surface area contributed by atoms with E-state index in [0.717, 1.165) is 24.1 Å². The molecule has 1 aliphatic heterocycles. The first-order chi connectivity index (χ1) is 14.5. The predicted octanol–water partition coefficient (Wildman–Crippen LogP) is 4.44. The third kappa shape index (κ3) is 3.73. The van der Waals surface area contributed by atoms with Gasteiger partial charge < -0.3 is 15.4 Å². The molecular formula is C24H23FN2O3. The molecule has 4 rings (SSSR count). The number of halogens is 1. The molecule has 0 saturated carbocycles. The van der Waals surface area contributed by atoms with Gasteiger partial charge in [0.1, 0.15) is 11.6 Å². The van der Waals surface area contributed by atoms with Crippen LogP contribution in [-0.2, 0) is 9.59 Å². The standard InChI is InChI=1S/C24H23FN2O3/c1-14-21(24(29)27-17-11-9-16(25)10-12-17)22(15-5-3-6-18(13-15)30-2)23-19(26-14)7-4-8-20(23)28/h3,5-6,9-13,22,26H,4,7-8H2,1-2H3,(H,27,29). The molecule has 5 nitrogen and oxygen atoms in total. The summed E-state index contributed by atoms with van der Waals surface area (Å²) in [5.74, 6) is -0.489. The average molecular weight is 406 g/mol. The number of hydrogen-bond donors (Lipinski definition) is 2. The number of benzene rings is 2. The highest BCUT2D eigenvalue weighted by atomic mass is 19.1. The summed E-state index contributed by atoms with van der Waals surface area (Å²) >= 11 is 0. The lowest BCUT2D eigenvalue weighted by Gasteiger charge is -2.34. The van der Waals surface area contributed by atoms with Gasteiger partial charge >= 0.3 is 0 Å². The van der Waals surface area contributed by atoms with Gasteiger partial charge in [0.15, 0.2) is 5.78 Å². The van der Waals surface area contributed by atoms with Gasteiger partial charge in [-0.1, -0.05) is 12.1 Å². The minimum atomic E-state index is -0.496. The fourth-order valence-electron chi connectivity index (χ4n) is 4.17. The number of allylic oxidation sites excluding steroid dienone is 3. The van der Waals surface area contributed by atoms with Gasteiger partial charge in [-0.15, -0.1) is 0 Å². The van der Waals surface area contributed by atoms with Gasteiger partial charge in [0.25, 0.3) is 5.91 Å². The van der Waals surface area contributed by atoms with Crippen molar-refractivity contribution in [3.8, 4) is 5.75 Å². The van der Waals surface area contributed by atoms with Crippen LogP contribution < -0.4 is 15.4 Å². The normalized spacial score (nSPS) is 18.6. The molecule has 0 bridgehead atoms. The topological polar surface area (TPSA) is 67.4 Å². The number of rotatable bonds is 4. The largest absolute Gasteiger partial charge is 0.497 e. The van der Waals surface area contributed by atoms with Crippen LogP contribution in [0, 0.1) is 5.82 Å². The zero-order valence-electron chi connectivity index (χ0n) is 16.9. The number of ether oxygens (including phenoxy) is 1. The van der Waals surface area contributed by atoms with Crippen LogP contribution in [0.3, 0.4) is 0 Å². The monoisotopic (exact) mass is 406 g/mol. The number of amides is 1. The van der Waals surface area contributed by atoms with Gasteiger partial charge in [0, 0.05) is 40.6 Å². The van der Waals surface area contributed by atoms with E-state index in [4.69, 9.17) is 4.74 Å². The van der Waals surface area contributed by atoms with Gasteiger partial charge in [0.05, 0.1) is 7.11 Å². The summed E-state index contributed by atoms with van der Waals surface area (Å²) in [6.45, 7) is 1.84. The molecule has 1 atom stereocenters. The van der Waals surface area contributed by atoms with E-state index < -0.39 is 5.92 Å². The van der Waals surface area contributed by atoms with Gasteiger partial charge in [-0.05, 0) is 61.7 Å². The Labute approximate surface area is 174 Å². The highest BCUT2D eigenvalue weighted by Crippen LogP contribution is 2.43. The number of methoxy groups -OCH3 is 1. The summed E-state index contributed by atoms with van der Waals surface area (Å²) in [4.78, 5) is 26.2. The zero-order valence-corrected chi connectivity index (χ0v) is 16.9. The highest BCUT2D eigenvalue weighted by Gasteiger charge is 2.38. The summed E-state index contributed by atoms with van der Waals surface area (Å²) in [6.07, 6.45) is 2.03. The molecule has 154 valence electrons. The quantitative estimate of drug-likeness (QED) is 0.788. The Morgan fingerprint density at radius 2 is 1.93 bits per heavy atom. The van der Waals surface area contributed by atoms with Gasteiger partial charge in [-0.3, -0.25) is 9.59 Å². The molecule has 0 fully saturated rings. The third-order valence-corrected chi connectivity index (χ3v) is 5.55. The van der Waals surface area contributed by atoms with E-state index in [1.165, 1.54) is 24.3 Å². The summed E-state index contributed by atoms with van der Waals surface area (Å²) < 4.78 is 18.6. The first kappa shape index (κ1) is 19.9. The maximum absolute atomic E-state index is 13.3. The molecule has 0 radical (unpaired) electrons. The molecular weight excluding hydrogens is 383 g/mol. The average Bonchev–Trinajstić information content (AvgIpc) is 2.74. The summed E-state index contributed by atoms with van der Waals surface area (Å²) in [5, 5.41) is 6.13. The van der Waals surface area contributed by atoms with E-state index in [0.29, 0.717) is 34.7 Å². The van der Waals surface area contributed by atoms with E-state index in [2.05, 4.69) is 10.6 Å². The van der Waals surface area contributed by atoms with Crippen molar-refractivity contribution in [1.29, 1.82) is 0 Å². The summed E-state index contributed by atoms with van der Waals surface area (Å²) in [5.41, 5.74) is 4.01. The summed E-state index contributed by atoms with van der Waals surface area (Å²) in [6, 6.07) is 13.1. The molecule has 2 aromatic rings. The maximum Gasteiger partial charge on any atom is 0.254 e. The number of nitrogens with one attached hydrogen (secondary N) is 2. The molecule has 2 N–H and O–H groups in total. The number of hydrogen-bond acceptors (Lipinski definition) is 4. The van der Waals surface area contributed by atoms with E-state index in [-0.39, 0.29) is 17.5 Å². The van der Waals surface area contributed by atoms with Crippen LogP contribution in [0.5, 0.6) is 5.75 Å². The van der Waals surface area contributed by atoms with E-state index in [1.54, 1.807) is 7.11 Å². The van der Waals surface area contributed by atoms with Crippen LogP contribution in [0.1, 0.15) is 37.7 Å². The number of carbonyl (C=O) groups excluding carboxylic acids is 2. The smallest absolute Gasteiger partial charge is 0.254 e. The van der Waals surface area contributed by atoms with Crippen molar-refractivity contribution in [2.24, 2.45) is 0 Å². The molecule has 1 aliphatic carbocycles. The molecule has 2 aliphatic rings. The zero-order chi connectivity index (χ0) is 21.3. The van der Waals surface area contributed by atoms with Crippen LogP contribution >= 0.6 is 0 Å². The Balaban J connectivity index is 1.79. The molecule has 1 unspecified atom stereocenters. The highest BCUT2D eigenvalue weighted by molar-refractivity contribution is 6.09. The van der Waals surface area contributed by atoms with Crippen molar-refractivity contribution < 1.29 is 18.7 Å². The molecule has 2 aromatic carbocycles. The Bertz CT molecular complexity index is 1070. The Morgan fingerprint density at radius 3 is 2.67 bits per heavy atom. The van der Waals surface area contributed by atoms with Crippen LogP contribution in [0.2, 0.25) is 0 Å². The van der Waals surface area contributed by atoms with Crippen molar-refractivity contribution in [3.63, 3.8) is 0 Å². The second-order valence-corrected chi connectivity index (χ2v) is 7.50. The Morgan fingerprint density at radius 1 is 1.17 bits per heavy atom. The minimum Gasteiger partial charge on any atom is -0.497 e. The molecule has 1 amide bonds. The van der Waals surface area contributed by atoms with E-state index >= 15 is 0 Å². The number of ketones is 1. The van der Waals surface area contributed by atoms with Gasteiger partial charge in [-0.2, -0.15) is 0 Å². The van der Waals surface area contributed by atoms with Gasteiger partial charge in [0.2, 0.25) is 0 Å². The predicted molar refractivity (Wildman–Crippen MR) is 112 cm³/mol. The van der Waals surface area contributed by atoms with Crippen molar-refractivity contribution in [2.75, 3.05) is 12.4 Å². The lowest BCUT2D eigenvalue weighted by atomic mass is 9.75. The van der Waals surface area contributed by atoms with Crippen molar-refractivity contribution in [3.05, 3.63) is 82.5 Å². The molecule has 1 heterocycles. The van der Waals surface area contributed by atoms with Crippen LogP contribution in [0.4, 0.5) is 10.1 Å². The Kier molecular flexibility index (Phi) is 5.40. The Hall–Kier alpha value is -3.41. The molecule has 30 heavy (non-hydrogen) atoms. The SMILES string of the molecule is COc1cccc(C2C(C(=O)Nc3ccc(F)cc3)=C(C)NC3=C2C(=O)CCC3)c1. The molecule has 0 spiro atoms. The van der Waals surface area contributed by atoms with Crippen LogP contribution in [0.25, 0.3) is 0 Å². The van der Waals surface area contributed by atoms with Crippen LogP contribution in [-0.4, -0.2) is 18.8 Å². The van der Waals surface area contributed by atoms with Gasteiger partial charge in [-0.25, -0.2) is 4.39 Å². The fourth-order valence-corrected chi connectivity index (χ4v) is 4.17. The second kappa shape index (κ2) is 8.14. The maximum atomic E-state index is 13.3. The number of dihydropyridines is 1. The third-order valence-electron chi connectivity index (χ3n) is 5.55. The summed E-state index contributed by atoms with van der Waals surface area (Å²) in [7, 11) is 1.58. The first-order valence-electron chi connectivity index (χ1n) is 9.93. The second-order valence-electron chi connectivity index (χ2n) is 7.50. The lowest BCUT2D eigenvalue weighted by molar-refractivity contribution is -0.116. The molecule has 0 aromatic heterocycles. The van der Waals surface area contributed by atoms with E-state index in [9.17, 15) is 14.0 Å². The molecule has 6 heteroatoms.